The minimum absolute atomic E-state index is 0.302. The van der Waals surface area contributed by atoms with Gasteiger partial charge in [-0.2, -0.15) is 0 Å². The summed E-state index contributed by atoms with van der Waals surface area (Å²) in [6.07, 6.45) is 4.79. The summed E-state index contributed by atoms with van der Waals surface area (Å²) in [5, 5.41) is 15.4. The van der Waals surface area contributed by atoms with Crippen molar-refractivity contribution in [2.75, 3.05) is 0 Å². The standard InChI is InChI=1S/C70H94Se2Si4/c1-13-73(14-2,15-3)45-39-57-59-37-43-71-69(59)61(41-47-75(19-7,20-8)21-9)67-64(56-36-34-52-30-26-28-32-54(52)50-56)66-58(40-46-74(16-4,17-5)18-6)60-38-44-72-70(60)62(42-48-76(22-10,23-11)24-12)68(66)63(65(57)67)55-35-33-51-29-25-27-31-53(51)49-55/h25-38,43-44,49-50H,13-24,39-42,45-48H2,1-12H3. The van der Waals surface area contributed by atoms with Gasteiger partial charge in [0.2, 0.25) is 0 Å². The predicted octanol–water partition coefficient (Wildman–Crippen LogP) is 22.3. The average molecular weight is 1210 g/mol. The molecule has 0 unspecified atom stereocenters. The SMILES string of the molecule is CC[Si](CC)(CC)CCc1c2cc[se]c2c(CC[Si](CC)(CC)CC)c2c(-c3ccc4ccccc4c3)c3c(CC[Si](CC)(CC)CC)c4cc[se]c4c(CC[Si](CC)(CC)CC)c3c(-c3ccc4ccccc4c3)c12. The molecular weight excluding hydrogens is 1110 g/mol. The maximum atomic E-state index is 2.67. The van der Waals surface area contributed by atoms with Crippen molar-refractivity contribution in [3.8, 4) is 22.3 Å². The van der Waals surface area contributed by atoms with Gasteiger partial charge < -0.3 is 0 Å². The van der Waals surface area contributed by atoms with E-state index in [2.05, 4.69) is 190 Å². The number of fused-ring (bicyclic) bond motifs is 6. The molecule has 0 N–H and O–H groups in total. The van der Waals surface area contributed by atoms with Gasteiger partial charge >= 0.3 is 481 Å². The summed E-state index contributed by atoms with van der Waals surface area (Å²) in [4.78, 5) is 5.30. The number of hydrogen-bond donors (Lipinski definition) is 0. The quantitative estimate of drug-likeness (QED) is 0.0374. The molecule has 0 spiro atoms. The molecule has 402 valence electrons. The van der Waals surface area contributed by atoms with Crippen LogP contribution in [0.1, 0.15) is 105 Å². The van der Waals surface area contributed by atoms with E-state index in [1.807, 2.05) is 0 Å². The fraction of sp³-hybridized carbons (Fsp3) is 0.457. The minimum atomic E-state index is -1.51. The molecule has 0 radical (unpaired) electrons. The van der Waals surface area contributed by atoms with Crippen LogP contribution >= 0.6 is 0 Å². The fourth-order valence-corrected chi connectivity index (χ4v) is 32.5. The Kier molecular flexibility index (Phi) is 18.8. The molecular formula is C70H94Se2Si4. The third-order valence-corrected chi connectivity index (χ3v) is 49.3. The molecule has 0 aliphatic heterocycles. The van der Waals surface area contributed by atoms with E-state index in [1.54, 1.807) is 74.2 Å². The van der Waals surface area contributed by atoms with Crippen LogP contribution < -0.4 is 0 Å². The monoisotopic (exact) mass is 1210 g/mol. The van der Waals surface area contributed by atoms with Crippen LogP contribution in [0.4, 0.5) is 0 Å². The van der Waals surface area contributed by atoms with Gasteiger partial charge in [-0.3, -0.25) is 0 Å². The van der Waals surface area contributed by atoms with Crippen molar-refractivity contribution in [2.24, 2.45) is 0 Å². The first-order valence-electron chi connectivity index (χ1n) is 30.8. The van der Waals surface area contributed by atoms with E-state index < -0.39 is 32.3 Å². The molecule has 0 aliphatic carbocycles. The summed E-state index contributed by atoms with van der Waals surface area (Å²) >= 11 is 0.603. The second-order valence-electron chi connectivity index (χ2n) is 23.9. The molecule has 0 saturated carbocycles. The van der Waals surface area contributed by atoms with Crippen LogP contribution in [0.2, 0.25) is 96.7 Å². The van der Waals surface area contributed by atoms with Gasteiger partial charge in [-0.1, -0.05) is 0 Å². The van der Waals surface area contributed by atoms with Gasteiger partial charge in [0.15, 0.2) is 0 Å². The Morgan fingerprint density at radius 2 is 0.579 bits per heavy atom. The summed E-state index contributed by atoms with van der Waals surface area (Å²) in [6.45, 7) is 30.6. The third kappa shape index (κ3) is 10.6. The van der Waals surface area contributed by atoms with E-state index in [1.165, 1.54) is 155 Å². The molecule has 9 aromatic rings. The van der Waals surface area contributed by atoms with Crippen LogP contribution in [0.15, 0.2) is 107 Å². The summed E-state index contributed by atoms with van der Waals surface area (Å²) < 4.78 is 3.49. The maximum absolute atomic E-state index is 2.67. The molecule has 0 amide bonds. The van der Waals surface area contributed by atoms with Crippen LogP contribution in [0.25, 0.3) is 84.6 Å². The zero-order valence-corrected chi connectivity index (χ0v) is 56.8. The molecule has 6 heteroatoms. The van der Waals surface area contributed by atoms with Crippen LogP contribution in [0.3, 0.4) is 0 Å². The van der Waals surface area contributed by atoms with Crippen LogP contribution in [-0.2, 0) is 25.7 Å². The van der Waals surface area contributed by atoms with Gasteiger partial charge in [0.05, 0.1) is 0 Å². The van der Waals surface area contributed by atoms with Crippen LogP contribution in [0, 0.1) is 0 Å². The molecule has 2 heterocycles. The third-order valence-electron chi connectivity index (χ3n) is 21.9. The first-order chi connectivity index (χ1) is 37.0. The Balaban J connectivity index is 1.61. The van der Waals surface area contributed by atoms with Crippen LogP contribution in [-0.4, -0.2) is 61.3 Å². The Bertz CT molecular complexity index is 3040. The zero-order chi connectivity index (χ0) is 53.8. The topological polar surface area (TPSA) is 0 Å². The van der Waals surface area contributed by atoms with E-state index in [9.17, 15) is 0 Å². The molecule has 2 aromatic heterocycles. The zero-order valence-electron chi connectivity index (χ0n) is 49.4. The van der Waals surface area contributed by atoms with Crippen molar-refractivity contribution in [1.29, 1.82) is 0 Å². The second kappa shape index (κ2) is 24.8. The van der Waals surface area contributed by atoms with Crippen molar-refractivity contribution in [3.63, 3.8) is 0 Å². The van der Waals surface area contributed by atoms with Crippen molar-refractivity contribution >= 4 is 124 Å². The molecule has 7 aromatic carbocycles. The van der Waals surface area contributed by atoms with E-state index in [4.69, 9.17) is 0 Å². The van der Waals surface area contributed by atoms with Gasteiger partial charge in [-0.05, 0) is 0 Å². The number of hydrogen-bond acceptors (Lipinski definition) is 0. The predicted molar refractivity (Wildman–Crippen MR) is 359 cm³/mol. The Labute approximate surface area is 476 Å². The van der Waals surface area contributed by atoms with E-state index in [0.29, 0.717) is 29.0 Å². The molecule has 0 bridgehead atoms. The van der Waals surface area contributed by atoms with Crippen molar-refractivity contribution in [1.82, 2.24) is 0 Å². The van der Waals surface area contributed by atoms with Crippen molar-refractivity contribution in [2.45, 2.75) is 205 Å². The van der Waals surface area contributed by atoms with Gasteiger partial charge in [-0.25, -0.2) is 0 Å². The van der Waals surface area contributed by atoms with Gasteiger partial charge in [0.1, 0.15) is 0 Å². The van der Waals surface area contributed by atoms with E-state index in [-0.39, 0.29) is 0 Å². The van der Waals surface area contributed by atoms with E-state index in [0.717, 1.165) is 0 Å². The fourth-order valence-electron chi connectivity index (χ4n) is 15.0. The number of benzene rings is 7. The molecule has 0 fully saturated rings. The number of rotatable bonds is 26. The molecule has 0 atom stereocenters. The second-order valence-corrected chi connectivity index (χ2v) is 50.2. The van der Waals surface area contributed by atoms with Crippen LogP contribution in [0.5, 0.6) is 0 Å². The Hall–Kier alpha value is -3.03. The normalized spacial score (nSPS) is 13.0. The van der Waals surface area contributed by atoms with E-state index >= 15 is 0 Å². The number of aryl methyl sites for hydroxylation is 4. The summed E-state index contributed by atoms with van der Waals surface area (Å²) in [7, 11) is -6.05. The van der Waals surface area contributed by atoms with Crippen molar-refractivity contribution < 1.29 is 0 Å². The molecule has 76 heavy (non-hydrogen) atoms. The Morgan fingerprint density at radius 3 is 0.882 bits per heavy atom. The Morgan fingerprint density at radius 1 is 0.303 bits per heavy atom. The van der Waals surface area contributed by atoms with Gasteiger partial charge in [0.25, 0.3) is 0 Å². The molecule has 9 rings (SSSR count). The summed E-state index contributed by atoms with van der Waals surface area (Å²) in [6, 6.07) is 61.5. The first-order valence-corrected chi connectivity index (χ1v) is 45.8. The molecule has 0 saturated heterocycles. The molecule has 0 nitrogen and oxygen atoms in total. The summed E-state index contributed by atoms with van der Waals surface area (Å²) in [5.41, 5.74) is 13.0. The average Bonchev–Trinajstić information content (AvgIpc) is 4.31. The first kappa shape index (κ1) is 57.6. The molecule has 0 aliphatic rings. The van der Waals surface area contributed by atoms with Gasteiger partial charge in [-0.15, -0.1) is 0 Å². The van der Waals surface area contributed by atoms with Crippen molar-refractivity contribution in [3.05, 3.63) is 129 Å². The van der Waals surface area contributed by atoms with Gasteiger partial charge in [0, 0.05) is 0 Å². The summed E-state index contributed by atoms with van der Waals surface area (Å²) in [5.74, 6) is 0.